The van der Waals surface area contributed by atoms with E-state index in [1.807, 2.05) is 6.92 Å². The van der Waals surface area contributed by atoms with E-state index in [0.717, 1.165) is 0 Å². The lowest BCUT2D eigenvalue weighted by Crippen LogP contribution is -2.24. The number of ether oxygens (including phenoxy) is 1. The van der Waals surface area contributed by atoms with Gasteiger partial charge in [-0.1, -0.05) is 12.0 Å². The molecule has 130 valence electrons. The lowest BCUT2D eigenvalue weighted by molar-refractivity contribution is 0.102. The number of carbonyl (C=O) groups is 1. The highest BCUT2D eigenvalue weighted by Gasteiger charge is 2.15. The molecular weight excluding hydrogens is 340 g/mol. The van der Waals surface area contributed by atoms with E-state index in [1.165, 1.54) is 24.3 Å². The fraction of sp³-hybridized carbons (Fsp3) is 0.167. The largest absolute Gasteiger partial charge is 0.494 e. The fourth-order valence-electron chi connectivity index (χ4n) is 2.03. The summed E-state index contributed by atoms with van der Waals surface area (Å²) in [5, 5.41) is 2.71. The van der Waals surface area contributed by atoms with Crippen molar-refractivity contribution in [1.29, 1.82) is 0 Å². The van der Waals surface area contributed by atoms with Crippen LogP contribution in [0.1, 0.15) is 17.3 Å². The SMILES string of the molecule is C#CCNS(=O)(=O)c1cccc(C(=O)Nc2ccc(OCC)cc2)c1. The molecule has 0 aliphatic rings. The summed E-state index contributed by atoms with van der Waals surface area (Å²) >= 11 is 0. The van der Waals surface area contributed by atoms with Crippen molar-refractivity contribution >= 4 is 21.6 Å². The second kappa shape index (κ2) is 8.33. The first kappa shape index (κ1) is 18.5. The zero-order valence-electron chi connectivity index (χ0n) is 13.7. The minimum Gasteiger partial charge on any atom is -0.494 e. The first-order valence-corrected chi connectivity index (χ1v) is 9.02. The Morgan fingerprint density at radius 1 is 1.20 bits per heavy atom. The molecule has 2 aromatic rings. The van der Waals surface area contributed by atoms with Gasteiger partial charge < -0.3 is 10.1 Å². The van der Waals surface area contributed by atoms with Gasteiger partial charge in [0.15, 0.2) is 0 Å². The molecule has 0 spiro atoms. The summed E-state index contributed by atoms with van der Waals surface area (Å²) in [4.78, 5) is 12.3. The van der Waals surface area contributed by atoms with Crippen molar-refractivity contribution < 1.29 is 17.9 Å². The third kappa shape index (κ3) is 5.08. The summed E-state index contributed by atoms with van der Waals surface area (Å²) < 4.78 is 31.7. The van der Waals surface area contributed by atoms with Crippen molar-refractivity contribution in [2.24, 2.45) is 0 Å². The number of hydrogen-bond acceptors (Lipinski definition) is 4. The van der Waals surface area contributed by atoms with E-state index >= 15 is 0 Å². The van der Waals surface area contributed by atoms with Gasteiger partial charge in [-0.05, 0) is 49.4 Å². The molecule has 2 N–H and O–H groups in total. The maximum atomic E-state index is 12.3. The molecule has 2 rings (SSSR count). The molecular formula is C18H18N2O4S. The second-order valence-corrected chi connectivity index (χ2v) is 6.73. The molecule has 0 atom stereocenters. The van der Waals surface area contributed by atoms with Gasteiger partial charge in [0.2, 0.25) is 10.0 Å². The Balaban J connectivity index is 2.14. The zero-order valence-corrected chi connectivity index (χ0v) is 14.5. The summed E-state index contributed by atoms with van der Waals surface area (Å²) in [6.45, 7) is 2.32. The van der Waals surface area contributed by atoms with Crippen LogP contribution in [0.5, 0.6) is 5.75 Å². The molecule has 0 bridgehead atoms. The predicted octanol–water partition coefficient (Wildman–Crippen LogP) is 2.25. The van der Waals surface area contributed by atoms with E-state index in [1.54, 1.807) is 24.3 Å². The smallest absolute Gasteiger partial charge is 0.255 e. The molecule has 0 heterocycles. The Morgan fingerprint density at radius 2 is 1.92 bits per heavy atom. The van der Waals surface area contributed by atoms with Crippen LogP contribution < -0.4 is 14.8 Å². The number of terminal acetylenes is 1. The summed E-state index contributed by atoms with van der Waals surface area (Å²) in [6, 6.07) is 12.6. The molecule has 0 unspecified atom stereocenters. The highest BCUT2D eigenvalue weighted by atomic mass is 32.2. The number of rotatable bonds is 7. The van der Waals surface area contributed by atoms with E-state index in [9.17, 15) is 13.2 Å². The van der Waals surface area contributed by atoms with E-state index in [2.05, 4.69) is 16.0 Å². The van der Waals surface area contributed by atoms with Gasteiger partial charge in [0.1, 0.15) is 5.75 Å². The summed E-state index contributed by atoms with van der Waals surface area (Å²) in [6.07, 6.45) is 5.06. The van der Waals surface area contributed by atoms with Gasteiger partial charge in [0.25, 0.3) is 5.91 Å². The molecule has 0 aliphatic heterocycles. The topological polar surface area (TPSA) is 84.5 Å². The quantitative estimate of drug-likeness (QED) is 0.744. The Morgan fingerprint density at radius 3 is 2.56 bits per heavy atom. The maximum absolute atomic E-state index is 12.3. The lowest BCUT2D eigenvalue weighted by atomic mass is 10.2. The van der Waals surface area contributed by atoms with Crippen molar-refractivity contribution in [2.75, 3.05) is 18.5 Å². The first-order valence-electron chi connectivity index (χ1n) is 7.53. The van der Waals surface area contributed by atoms with Crippen LogP contribution in [0.3, 0.4) is 0 Å². The van der Waals surface area contributed by atoms with Crippen LogP contribution in [0.2, 0.25) is 0 Å². The predicted molar refractivity (Wildman–Crippen MR) is 96.0 cm³/mol. The number of benzene rings is 2. The third-order valence-corrected chi connectivity index (χ3v) is 4.59. The number of anilines is 1. The molecule has 0 aromatic heterocycles. The normalized spacial score (nSPS) is 10.7. The second-order valence-electron chi connectivity index (χ2n) is 4.97. The van der Waals surface area contributed by atoms with Gasteiger partial charge in [0, 0.05) is 11.3 Å². The van der Waals surface area contributed by atoms with Crippen LogP contribution in [0.15, 0.2) is 53.4 Å². The van der Waals surface area contributed by atoms with Crippen molar-refractivity contribution in [3.05, 3.63) is 54.1 Å². The Kier molecular flexibility index (Phi) is 6.17. The van der Waals surface area contributed by atoms with Crippen LogP contribution in [0.25, 0.3) is 0 Å². The van der Waals surface area contributed by atoms with Crippen molar-refractivity contribution in [3.63, 3.8) is 0 Å². The summed E-state index contributed by atoms with van der Waals surface area (Å²) in [5.74, 6) is 2.48. The van der Waals surface area contributed by atoms with Gasteiger partial charge in [-0.3, -0.25) is 4.79 Å². The molecule has 0 aliphatic carbocycles. The molecule has 2 aromatic carbocycles. The average molecular weight is 358 g/mol. The Hall–Kier alpha value is -2.82. The van der Waals surface area contributed by atoms with Gasteiger partial charge in [-0.15, -0.1) is 6.42 Å². The van der Waals surface area contributed by atoms with E-state index in [4.69, 9.17) is 11.2 Å². The van der Waals surface area contributed by atoms with Crippen molar-refractivity contribution in [1.82, 2.24) is 4.72 Å². The third-order valence-electron chi connectivity index (χ3n) is 3.19. The van der Waals surface area contributed by atoms with Crippen LogP contribution in [-0.2, 0) is 10.0 Å². The maximum Gasteiger partial charge on any atom is 0.255 e. The monoisotopic (exact) mass is 358 g/mol. The van der Waals surface area contributed by atoms with E-state index in [-0.39, 0.29) is 17.0 Å². The minimum atomic E-state index is -3.75. The molecule has 0 saturated carbocycles. The first-order chi connectivity index (χ1) is 12.0. The standard InChI is InChI=1S/C18H18N2O4S/c1-3-12-19-25(22,23)17-7-5-6-14(13-17)18(21)20-15-8-10-16(11-9-15)24-4-2/h1,5-11,13,19H,4,12H2,2H3,(H,20,21). The van der Waals surface area contributed by atoms with Crippen LogP contribution >= 0.6 is 0 Å². The number of sulfonamides is 1. The number of amides is 1. The number of nitrogens with one attached hydrogen (secondary N) is 2. The van der Waals surface area contributed by atoms with Crippen molar-refractivity contribution in [3.8, 4) is 18.1 Å². The highest BCUT2D eigenvalue weighted by molar-refractivity contribution is 7.89. The number of carbonyl (C=O) groups excluding carboxylic acids is 1. The Bertz CT molecular complexity index is 884. The molecule has 6 nitrogen and oxygen atoms in total. The molecule has 0 radical (unpaired) electrons. The van der Waals surface area contributed by atoms with Crippen LogP contribution in [0.4, 0.5) is 5.69 Å². The minimum absolute atomic E-state index is 0.0258. The molecule has 0 saturated heterocycles. The lowest BCUT2D eigenvalue weighted by Gasteiger charge is -2.09. The van der Waals surface area contributed by atoms with E-state index in [0.29, 0.717) is 18.0 Å². The zero-order chi connectivity index (χ0) is 18.3. The highest BCUT2D eigenvalue weighted by Crippen LogP contribution is 2.17. The average Bonchev–Trinajstić information content (AvgIpc) is 2.62. The Labute approximate surface area is 147 Å². The van der Waals surface area contributed by atoms with Gasteiger partial charge in [-0.25, -0.2) is 8.42 Å². The van der Waals surface area contributed by atoms with Crippen LogP contribution in [0, 0.1) is 12.3 Å². The molecule has 25 heavy (non-hydrogen) atoms. The van der Waals surface area contributed by atoms with Gasteiger partial charge >= 0.3 is 0 Å². The molecule has 0 fully saturated rings. The van der Waals surface area contributed by atoms with Crippen molar-refractivity contribution in [2.45, 2.75) is 11.8 Å². The summed E-state index contributed by atoms with van der Waals surface area (Å²) in [7, 11) is -3.75. The molecule has 1 amide bonds. The number of hydrogen-bond donors (Lipinski definition) is 2. The summed E-state index contributed by atoms with van der Waals surface area (Å²) in [5.41, 5.74) is 0.796. The van der Waals surface area contributed by atoms with Gasteiger partial charge in [-0.2, -0.15) is 4.72 Å². The van der Waals surface area contributed by atoms with E-state index < -0.39 is 15.9 Å². The molecule has 7 heteroatoms. The fourth-order valence-corrected chi connectivity index (χ4v) is 3.01. The van der Waals surface area contributed by atoms with Gasteiger partial charge in [0.05, 0.1) is 18.0 Å². The van der Waals surface area contributed by atoms with Crippen LogP contribution in [-0.4, -0.2) is 27.5 Å².